The van der Waals surface area contributed by atoms with Gasteiger partial charge in [-0.1, -0.05) is 23.7 Å². The maximum Gasteiger partial charge on any atom is 0.241 e. The van der Waals surface area contributed by atoms with E-state index in [1.165, 1.54) is 0 Å². The van der Waals surface area contributed by atoms with E-state index in [4.69, 9.17) is 16.3 Å². The Labute approximate surface area is 124 Å². The monoisotopic (exact) mass is 294 g/mol. The Morgan fingerprint density at radius 1 is 1.50 bits per heavy atom. The van der Waals surface area contributed by atoms with E-state index in [1.807, 2.05) is 36.1 Å². The standard InChI is InChI=1S/C15H19ClN2O2/c1-10-15(19)18(8-11-5-6-20-9-11)14(17-10)12-3-2-4-13(16)7-12/h2-4,7,10-11,14,17H,5-6,8-9H2,1H3. The second-order valence-electron chi connectivity index (χ2n) is 5.57. The number of carbonyl (C=O) groups excluding carboxylic acids is 1. The van der Waals surface area contributed by atoms with Crippen molar-refractivity contribution in [3.63, 3.8) is 0 Å². The first-order valence-electron chi connectivity index (χ1n) is 7.05. The van der Waals surface area contributed by atoms with Crippen molar-refractivity contribution in [1.29, 1.82) is 0 Å². The Kier molecular flexibility index (Phi) is 3.96. The third-order valence-electron chi connectivity index (χ3n) is 4.02. The van der Waals surface area contributed by atoms with E-state index < -0.39 is 0 Å². The largest absolute Gasteiger partial charge is 0.381 e. The molecular weight excluding hydrogens is 276 g/mol. The summed E-state index contributed by atoms with van der Waals surface area (Å²) in [5.41, 5.74) is 1.04. The van der Waals surface area contributed by atoms with Crippen LogP contribution in [0.2, 0.25) is 5.02 Å². The van der Waals surface area contributed by atoms with E-state index in [9.17, 15) is 4.79 Å². The minimum Gasteiger partial charge on any atom is -0.381 e. The summed E-state index contributed by atoms with van der Waals surface area (Å²) in [7, 11) is 0. The molecule has 4 nitrogen and oxygen atoms in total. The summed E-state index contributed by atoms with van der Waals surface area (Å²) >= 11 is 6.06. The average Bonchev–Trinajstić information content (AvgIpc) is 3.03. The zero-order chi connectivity index (χ0) is 14.1. The number of ether oxygens (including phenoxy) is 1. The summed E-state index contributed by atoms with van der Waals surface area (Å²) in [6.45, 7) is 4.20. The van der Waals surface area contributed by atoms with Gasteiger partial charge in [0.2, 0.25) is 5.91 Å². The second-order valence-corrected chi connectivity index (χ2v) is 6.00. The van der Waals surface area contributed by atoms with Crippen molar-refractivity contribution in [1.82, 2.24) is 10.2 Å². The van der Waals surface area contributed by atoms with Gasteiger partial charge in [-0.2, -0.15) is 0 Å². The molecule has 3 unspecified atom stereocenters. The SMILES string of the molecule is CC1NC(c2cccc(Cl)c2)N(CC2CCOC2)C1=O. The van der Waals surface area contributed by atoms with Crippen molar-refractivity contribution in [3.8, 4) is 0 Å². The Morgan fingerprint density at radius 3 is 3.05 bits per heavy atom. The molecule has 2 aliphatic rings. The van der Waals surface area contributed by atoms with Gasteiger partial charge in [0.05, 0.1) is 12.6 Å². The van der Waals surface area contributed by atoms with E-state index in [1.54, 1.807) is 0 Å². The van der Waals surface area contributed by atoms with E-state index >= 15 is 0 Å². The molecule has 5 heteroatoms. The van der Waals surface area contributed by atoms with Crippen LogP contribution in [0.1, 0.15) is 25.1 Å². The van der Waals surface area contributed by atoms with Crippen molar-refractivity contribution in [3.05, 3.63) is 34.9 Å². The van der Waals surface area contributed by atoms with E-state index in [0.717, 1.165) is 31.7 Å². The molecule has 0 saturated carbocycles. The minimum absolute atomic E-state index is 0.0863. The number of benzene rings is 1. The topological polar surface area (TPSA) is 41.6 Å². The quantitative estimate of drug-likeness (QED) is 0.929. The van der Waals surface area contributed by atoms with Crippen LogP contribution in [0.15, 0.2) is 24.3 Å². The molecule has 0 aliphatic carbocycles. The summed E-state index contributed by atoms with van der Waals surface area (Å²) in [5, 5.41) is 4.04. The first kappa shape index (κ1) is 13.9. The Hall–Kier alpha value is -1.10. The molecule has 1 aromatic carbocycles. The fraction of sp³-hybridized carbons (Fsp3) is 0.533. The highest BCUT2D eigenvalue weighted by Crippen LogP contribution is 2.29. The molecular formula is C15H19ClN2O2. The first-order chi connectivity index (χ1) is 9.65. The van der Waals surface area contributed by atoms with Gasteiger partial charge >= 0.3 is 0 Å². The van der Waals surface area contributed by atoms with Gasteiger partial charge in [-0.3, -0.25) is 10.1 Å². The van der Waals surface area contributed by atoms with Crippen LogP contribution in [0.3, 0.4) is 0 Å². The van der Waals surface area contributed by atoms with Gasteiger partial charge in [0, 0.05) is 24.1 Å². The van der Waals surface area contributed by atoms with E-state index in [-0.39, 0.29) is 18.1 Å². The molecule has 1 aromatic rings. The molecule has 3 atom stereocenters. The van der Waals surface area contributed by atoms with Crippen LogP contribution in [0.5, 0.6) is 0 Å². The lowest BCUT2D eigenvalue weighted by Gasteiger charge is -2.27. The van der Waals surface area contributed by atoms with Crippen LogP contribution >= 0.6 is 11.6 Å². The van der Waals surface area contributed by atoms with Crippen LogP contribution in [-0.4, -0.2) is 36.6 Å². The highest BCUT2D eigenvalue weighted by atomic mass is 35.5. The predicted octanol–water partition coefficient (Wildman–Crippen LogP) is 2.20. The Bertz CT molecular complexity index is 502. The summed E-state index contributed by atoms with van der Waals surface area (Å²) < 4.78 is 5.41. The van der Waals surface area contributed by atoms with Crippen LogP contribution in [-0.2, 0) is 9.53 Å². The molecule has 108 valence electrons. The number of nitrogens with zero attached hydrogens (tertiary/aromatic N) is 1. The zero-order valence-corrected chi connectivity index (χ0v) is 12.3. The van der Waals surface area contributed by atoms with E-state index in [0.29, 0.717) is 10.9 Å². The molecule has 1 N–H and O–H groups in total. The number of nitrogens with one attached hydrogen (secondary N) is 1. The fourth-order valence-electron chi connectivity index (χ4n) is 2.93. The second kappa shape index (κ2) is 5.72. The van der Waals surface area contributed by atoms with Crippen molar-refractivity contribution in [2.24, 2.45) is 5.92 Å². The lowest BCUT2D eigenvalue weighted by Crippen LogP contribution is -2.35. The molecule has 0 aromatic heterocycles. The number of hydrogen-bond donors (Lipinski definition) is 1. The third kappa shape index (κ3) is 2.68. The molecule has 2 aliphatic heterocycles. The van der Waals surface area contributed by atoms with Crippen molar-refractivity contribution >= 4 is 17.5 Å². The maximum absolute atomic E-state index is 12.4. The normalized spacial score (nSPS) is 30.2. The number of carbonyl (C=O) groups is 1. The van der Waals surface area contributed by atoms with Crippen molar-refractivity contribution < 1.29 is 9.53 Å². The predicted molar refractivity (Wildman–Crippen MR) is 77.4 cm³/mol. The molecule has 2 saturated heterocycles. The fourth-order valence-corrected chi connectivity index (χ4v) is 3.13. The van der Waals surface area contributed by atoms with Crippen LogP contribution in [0.4, 0.5) is 0 Å². The van der Waals surface area contributed by atoms with Crippen molar-refractivity contribution in [2.75, 3.05) is 19.8 Å². The number of halogens is 1. The maximum atomic E-state index is 12.4. The zero-order valence-electron chi connectivity index (χ0n) is 11.5. The number of amides is 1. The lowest BCUT2D eigenvalue weighted by molar-refractivity contribution is -0.130. The lowest BCUT2D eigenvalue weighted by atomic mass is 10.1. The van der Waals surface area contributed by atoms with Gasteiger partial charge in [0.15, 0.2) is 0 Å². The Morgan fingerprint density at radius 2 is 2.35 bits per heavy atom. The summed E-state index contributed by atoms with van der Waals surface area (Å²) in [5.74, 6) is 0.592. The van der Waals surface area contributed by atoms with Gasteiger partial charge in [-0.15, -0.1) is 0 Å². The smallest absolute Gasteiger partial charge is 0.241 e. The van der Waals surface area contributed by atoms with Gasteiger partial charge in [0.1, 0.15) is 6.17 Å². The van der Waals surface area contributed by atoms with Gasteiger partial charge < -0.3 is 9.64 Å². The minimum atomic E-state index is -0.152. The molecule has 20 heavy (non-hydrogen) atoms. The summed E-state index contributed by atoms with van der Waals surface area (Å²) in [4.78, 5) is 14.3. The highest BCUT2D eigenvalue weighted by Gasteiger charge is 2.38. The summed E-state index contributed by atoms with van der Waals surface area (Å²) in [6.07, 6.45) is 0.942. The number of hydrogen-bond acceptors (Lipinski definition) is 3. The van der Waals surface area contributed by atoms with Crippen molar-refractivity contribution in [2.45, 2.75) is 25.6 Å². The molecule has 2 fully saturated rings. The average molecular weight is 295 g/mol. The molecule has 1 amide bonds. The van der Waals surface area contributed by atoms with Crippen LogP contribution in [0.25, 0.3) is 0 Å². The molecule has 2 heterocycles. The first-order valence-corrected chi connectivity index (χ1v) is 7.42. The Balaban J connectivity index is 1.81. The number of rotatable bonds is 3. The van der Waals surface area contributed by atoms with Gasteiger partial charge in [0.25, 0.3) is 0 Å². The molecule has 0 spiro atoms. The molecule has 3 rings (SSSR count). The molecule has 0 radical (unpaired) electrons. The summed E-state index contributed by atoms with van der Waals surface area (Å²) in [6, 6.07) is 7.54. The van der Waals surface area contributed by atoms with Crippen LogP contribution < -0.4 is 5.32 Å². The van der Waals surface area contributed by atoms with Gasteiger partial charge in [-0.05, 0) is 31.0 Å². The van der Waals surface area contributed by atoms with E-state index in [2.05, 4.69) is 5.32 Å². The highest BCUT2D eigenvalue weighted by molar-refractivity contribution is 6.30. The van der Waals surface area contributed by atoms with Gasteiger partial charge in [-0.25, -0.2) is 0 Å². The van der Waals surface area contributed by atoms with Crippen LogP contribution in [0, 0.1) is 5.92 Å². The third-order valence-corrected chi connectivity index (χ3v) is 4.25. The molecule has 0 bridgehead atoms.